The smallest absolute Gasteiger partial charge is 0.408 e. The molecule has 152 valence electrons. The van der Waals surface area contributed by atoms with E-state index in [2.05, 4.69) is 15.8 Å². The maximum Gasteiger partial charge on any atom is 0.408 e. The van der Waals surface area contributed by atoms with Crippen LogP contribution in [0.4, 0.5) is 4.79 Å². The van der Waals surface area contributed by atoms with Crippen molar-refractivity contribution in [3.05, 3.63) is 35.9 Å². The van der Waals surface area contributed by atoms with Crippen molar-refractivity contribution in [3.63, 3.8) is 0 Å². The Labute approximate surface area is 162 Å². The molecule has 1 aromatic rings. The summed E-state index contributed by atoms with van der Waals surface area (Å²) >= 11 is 0. The van der Waals surface area contributed by atoms with Crippen LogP contribution in [0.1, 0.15) is 24.8 Å². The van der Waals surface area contributed by atoms with E-state index in [0.717, 1.165) is 5.56 Å². The number of methoxy groups -OCH3 is 1. The van der Waals surface area contributed by atoms with E-state index in [1.807, 2.05) is 18.2 Å². The number of benzene rings is 1. The maximum absolute atomic E-state index is 11.9. The van der Waals surface area contributed by atoms with Gasteiger partial charge < -0.3 is 30.7 Å². The van der Waals surface area contributed by atoms with E-state index in [-0.39, 0.29) is 38.0 Å². The van der Waals surface area contributed by atoms with Crippen molar-refractivity contribution < 1.29 is 28.7 Å². The Hall–Kier alpha value is -3.30. The molecule has 2 atom stereocenters. The van der Waals surface area contributed by atoms with Gasteiger partial charge >= 0.3 is 6.09 Å². The molecular weight excluding hydrogens is 368 g/mol. The van der Waals surface area contributed by atoms with Gasteiger partial charge in [0.25, 0.3) is 0 Å². The molecular formula is C18H24N4O6. The summed E-state index contributed by atoms with van der Waals surface area (Å²) in [6.07, 6.45) is -0.562. The number of carbonyl (C=O) groups is 3. The quantitative estimate of drug-likeness (QED) is 0.556. The highest BCUT2D eigenvalue weighted by Gasteiger charge is 2.23. The van der Waals surface area contributed by atoms with Gasteiger partial charge in [0, 0.05) is 6.42 Å². The molecule has 0 aromatic heterocycles. The molecule has 1 aliphatic heterocycles. The van der Waals surface area contributed by atoms with Crippen LogP contribution < -0.4 is 16.4 Å². The molecule has 4 N–H and O–H groups in total. The highest BCUT2D eigenvalue weighted by atomic mass is 16.7. The third-order valence-corrected chi connectivity index (χ3v) is 3.98. The lowest BCUT2D eigenvalue weighted by Gasteiger charge is -2.16. The van der Waals surface area contributed by atoms with Gasteiger partial charge in [-0.3, -0.25) is 9.59 Å². The molecule has 10 heteroatoms. The third kappa shape index (κ3) is 7.14. The number of nitrogens with zero attached hydrogens (tertiary/aromatic N) is 1. The van der Waals surface area contributed by atoms with Gasteiger partial charge in [0.05, 0.1) is 20.1 Å². The van der Waals surface area contributed by atoms with Crippen LogP contribution in [0.5, 0.6) is 0 Å². The number of nitrogens with two attached hydrogens (primary N) is 1. The molecule has 0 bridgehead atoms. The van der Waals surface area contributed by atoms with E-state index in [9.17, 15) is 14.4 Å². The number of primary amides is 1. The molecule has 1 aromatic carbocycles. The molecule has 0 saturated carbocycles. The number of oxime groups is 1. The third-order valence-electron chi connectivity index (χ3n) is 3.98. The first-order valence-electron chi connectivity index (χ1n) is 8.78. The molecule has 0 saturated heterocycles. The largest absolute Gasteiger partial charge is 0.482 e. The minimum absolute atomic E-state index is 0.00269. The first-order chi connectivity index (χ1) is 13.5. The fourth-order valence-electron chi connectivity index (χ4n) is 2.42. The van der Waals surface area contributed by atoms with Crippen LogP contribution in [0.2, 0.25) is 0 Å². The van der Waals surface area contributed by atoms with E-state index >= 15 is 0 Å². The van der Waals surface area contributed by atoms with E-state index in [4.69, 9.17) is 20.0 Å². The summed E-state index contributed by atoms with van der Waals surface area (Å²) in [6, 6.07) is 8.08. The van der Waals surface area contributed by atoms with Gasteiger partial charge in [0.2, 0.25) is 17.7 Å². The molecule has 0 radical (unpaired) electrons. The molecule has 3 amide bonds. The van der Waals surface area contributed by atoms with Crippen LogP contribution in [0, 0.1) is 0 Å². The van der Waals surface area contributed by atoms with Gasteiger partial charge in [-0.05, 0) is 12.0 Å². The molecule has 0 fully saturated rings. The van der Waals surface area contributed by atoms with Crippen molar-refractivity contribution in [2.45, 2.75) is 38.0 Å². The zero-order chi connectivity index (χ0) is 20.4. The van der Waals surface area contributed by atoms with Gasteiger partial charge in [-0.25, -0.2) is 4.79 Å². The van der Waals surface area contributed by atoms with Crippen molar-refractivity contribution in [2.75, 3.05) is 13.7 Å². The molecule has 28 heavy (non-hydrogen) atoms. The van der Waals surface area contributed by atoms with Gasteiger partial charge in [-0.2, -0.15) is 0 Å². The SMILES string of the molecule is COC1=NOC(CNC(=O)CC[C@H](NC(=O)OCc2ccccc2)C(N)=O)C1. The average Bonchev–Trinajstić information content (AvgIpc) is 3.16. The van der Waals surface area contributed by atoms with Crippen molar-refractivity contribution in [2.24, 2.45) is 10.9 Å². The minimum Gasteiger partial charge on any atom is -0.482 e. The highest BCUT2D eigenvalue weighted by Crippen LogP contribution is 2.10. The number of nitrogens with one attached hydrogen (secondary N) is 2. The molecule has 2 rings (SSSR count). The van der Waals surface area contributed by atoms with Gasteiger partial charge in [-0.1, -0.05) is 35.5 Å². The summed E-state index contributed by atoms with van der Waals surface area (Å²) < 4.78 is 10.00. The number of hydrogen-bond donors (Lipinski definition) is 3. The average molecular weight is 392 g/mol. The van der Waals surface area contributed by atoms with Crippen LogP contribution in [0.25, 0.3) is 0 Å². The van der Waals surface area contributed by atoms with Crippen molar-refractivity contribution >= 4 is 23.8 Å². The number of amides is 3. The van der Waals surface area contributed by atoms with Crippen LogP contribution in [-0.4, -0.2) is 49.6 Å². The second-order valence-corrected chi connectivity index (χ2v) is 6.12. The summed E-state index contributed by atoms with van der Waals surface area (Å²) in [5.41, 5.74) is 6.10. The van der Waals surface area contributed by atoms with Gasteiger partial charge in [-0.15, -0.1) is 0 Å². The lowest BCUT2D eigenvalue weighted by molar-refractivity contribution is -0.122. The van der Waals surface area contributed by atoms with E-state index in [1.165, 1.54) is 7.11 Å². The maximum atomic E-state index is 11.9. The molecule has 0 aliphatic carbocycles. The Morgan fingerprint density at radius 3 is 2.71 bits per heavy atom. The fourth-order valence-corrected chi connectivity index (χ4v) is 2.42. The topological polar surface area (TPSA) is 141 Å². The van der Waals surface area contributed by atoms with Gasteiger partial charge in [0.1, 0.15) is 12.6 Å². The van der Waals surface area contributed by atoms with Crippen LogP contribution >= 0.6 is 0 Å². The minimum atomic E-state index is -1.01. The molecule has 1 unspecified atom stereocenters. The predicted molar refractivity (Wildman–Crippen MR) is 98.9 cm³/mol. The number of alkyl carbamates (subject to hydrolysis) is 1. The van der Waals surface area contributed by atoms with E-state index < -0.39 is 18.0 Å². The molecule has 1 heterocycles. The summed E-state index contributed by atoms with van der Waals surface area (Å²) in [5.74, 6) is -0.590. The Balaban J connectivity index is 1.68. The summed E-state index contributed by atoms with van der Waals surface area (Å²) in [4.78, 5) is 40.4. The number of rotatable bonds is 9. The van der Waals surface area contributed by atoms with E-state index in [0.29, 0.717) is 12.3 Å². The zero-order valence-electron chi connectivity index (χ0n) is 15.6. The van der Waals surface area contributed by atoms with Crippen LogP contribution in [-0.2, 0) is 30.5 Å². The Morgan fingerprint density at radius 1 is 1.32 bits per heavy atom. The Morgan fingerprint density at radius 2 is 2.07 bits per heavy atom. The van der Waals surface area contributed by atoms with Crippen molar-refractivity contribution in [1.82, 2.24) is 10.6 Å². The second-order valence-electron chi connectivity index (χ2n) is 6.12. The Bertz CT molecular complexity index is 709. The molecule has 10 nitrogen and oxygen atoms in total. The molecule has 1 aliphatic rings. The van der Waals surface area contributed by atoms with Crippen LogP contribution in [0.15, 0.2) is 35.5 Å². The zero-order valence-corrected chi connectivity index (χ0v) is 15.6. The van der Waals surface area contributed by atoms with Crippen LogP contribution in [0.3, 0.4) is 0 Å². The van der Waals surface area contributed by atoms with E-state index in [1.54, 1.807) is 12.1 Å². The predicted octanol–water partition coefficient (Wildman–Crippen LogP) is 0.412. The number of carbonyl (C=O) groups excluding carboxylic acids is 3. The fraction of sp³-hybridized carbons (Fsp3) is 0.444. The lowest BCUT2D eigenvalue weighted by atomic mass is 10.1. The second kappa shape index (κ2) is 10.8. The highest BCUT2D eigenvalue weighted by molar-refractivity contribution is 5.85. The lowest BCUT2D eigenvalue weighted by Crippen LogP contribution is -2.45. The summed E-state index contributed by atoms with van der Waals surface area (Å²) in [5, 5.41) is 8.76. The Kier molecular flexibility index (Phi) is 8.07. The first kappa shape index (κ1) is 21.0. The summed E-state index contributed by atoms with van der Waals surface area (Å²) in [7, 11) is 1.49. The first-order valence-corrected chi connectivity index (χ1v) is 8.78. The van der Waals surface area contributed by atoms with Crippen molar-refractivity contribution in [3.8, 4) is 0 Å². The summed E-state index contributed by atoms with van der Waals surface area (Å²) in [6.45, 7) is 0.314. The molecule has 0 spiro atoms. The normalized spacial score (nSPS) is 16.3. The van der Waals surface area contributed by atoms with Crippen molar-refractivity contribution in [1.29, 1.82) is 0 Å². The van der Waals surface area contributed by atoms with Gasteiger partial charge in [0.15, 0.2) is 6.10 Å². The number of ether oxygens (including phenoxy) is 2. The standard InChI is InChI=1S/C18H24N4O6/c1-26-16-9-13(28-22-16)10-20-15(23)8-7-14(17(19)24)21-18(25)27-11-12-5-3-2-4-6-12/h2-6,13-14H,7-11H2,1H3,(H2,19,24)(H,20,23)(H,21,25)/t13?,14-/m0/s1. The number of hydrogen-bond acceptors (Lipinski definition) is 7. The monoisotopic (exact) mass is 392 g/mol.